The number of benzene rings is 2. The van der Waals surface area contributed by atoms with Crippen molar-refractivity contribution in [1.29, 1.82) is 0 Å². The molecule has 0 aliphatic carbocycles. The van der Waals surface area contributed by atoms with E-state index in [1.807, 2.05) is 13.0 Å². The summed E-state index contributed by atoms with van der Waals surface area (Å²) in [5.41, 5.74) is 4.95. The number of aryl methyl sites for hydroxylation is 2. The zero-order chi connectivity index (χ0) is 21.1. The highest BCUT2D eigenvalue weighted by Gasteiger charge is 2.27. The largest absolute Gasteiger partial charge is 0.423 e. The van der Waals surface area contributed by atoms with Crippen molar-refractivity contribution in [2.75, 3.05) is 26.3 Å². The normalized spacial score (nSPS) is 17.2. The first-order chi connectivity index (χ1) is 14.5. The van der Waals surface area contributed by atoms with Gasteiger partial charge in [0.05, 0.1) is 19.3 Å². The fraction of sp³-hybridized carbons (Fsp3) is 0.400. The Morgan fingerprint density at radius 1 is 1.03 bits per heavy atom. The van der Waals surface area contributed by atoms with Crippen LogP contribution in [0.15, 0.2) is 57.7 Å². The summed E-state index contributed by atoms with van der Waals surface area (Å²) in [6.07, 6.45) is 0. The molecule has 1 aliphatic heterocycles. The van der Waals surface area contributed by atoms with Crippen LogP contribution in [-0.2, 0) is 11.3 Å². The van der Waals surface area contributed by atoms with E-state index in [9.17, 15) is 4.79 Å². The van der Waals surface area contributed by atoms with Crippen LogP contribution in [0.25, 0.3) is 11.0 Å². The molecule has 1 saturated heterocycles. The van der Waals surface area contributed by atoms with Crippen molar-refractivity contribution in [2.45, 2.75) is 39.4 Å². The van der Waals surface area contributed by atoms with Crippen molar-refractivity contribution in [2.24, 2.45) is 0 Å². The van der Waals surface area contributed by atoms with Gasteiger partial charge in [0, 0.05) is 37.1 Å². The third-order valence-corrected chi connectivity index (χ3v) is 6.11. The number of fused-ring (bicyclic) bond motifs is 1. The number of nitrogens with one attached hydrogen (secondary N) is 1. The zero-order valence-electron chi connectivity index (χ0n) is 18.0. The van der Waals surface area contributed by atoms with Gasteiger partial charge in [-0.2, -0.15) is 0 Å². The van der Waals surface area contributed by atoms with Crippen molar-refractivity contribution < 1.29 is 9.15 Å². The lowest BCUT2D eigenvalue weighted by Crippen LogP contribution is -2.46. The van der Waals surface area contributed by atoms with Gasteiger partial charge in [0.25, 0.3) is 0 Å². The Hall–Kier alpha value is -2.47. The fourth-order valence-electron chi connectivity index (χ4n) is 4.33. The smallest absolute Gasteiger partial charge is 0.336 e. The molecule has 2 aromatic carbocycles. The lowest BCUT2D eigenvalue weighted by Gasteiger charge is -2.38. The summed E-state index contributed by atoms with van der Waals surface area (Å²) < 4.78 is 11.0. The molecule has 0 amide bonds. The molecule has 5 nitrogen and oxygen atoms in total. The summed E-state index contributed by atoms with van der Waals surface area (Å²) in [6.45, 7) is 10.3. The number of morpholine rings is 1. The van der Waals surface area contributed by atoms with Crippen LogP contribution in [0.3, 0.4) is 0 Å². The monoisotopic (exact) mass is 406 g/mol. The maximum atomic E-state index is 12.1. The molecule has 1 aliphatic rings. The molecule has 2 heterocycles. The van der Waals surface area contributed by atoms with Crippen LogP contribution in [0.1, 0.15) is 35.2 Å². The molecule has 0 radical (unpaired) electrons. The quantitative estimate of drug-likeness (QED) is 0.628. The van der Waals surface area contributed by atoms with E-state index in [4.69, 9.17) is 9.15 Å². The van der Waals surface area contributed by atoms with Crippen LogP contribution in [0.4, 0.5) is 0 Å². The Morgan fingerprint density at radius 2 is 1.73 bits per heavy atom. The highest BCUT2D eigenvalue weighted by atomic mass is 16.5. The summed E-state index contributed by atoms with van der Waals surface area (Å²) in [6, 6.07) is 16.7. The highest BCUT2D eigenvalue weighted by molar-refractivity contribution is 5.81. The Morgan fingerprint density at radius 3 is 2.47 bits per heavy atom. The van der Waals surface area contributed by atoms with Gasteiger partial charge in [-0.1, -0.05) is 30.3 Å². The van der Waals surface area contributed by atoms with Crippen LogP contribution < -0.4 is 10.9 Å². The Kier molecular flexibility index (Phi) is 6.32. The zero-order valence-corrected chi connectivity index (χ0v) is 18.0. The molecule has 0 saturated carbocycles. The van der Waals surface area contributed by atoms with Crippen LogP contribution in [0, 0.1) is 13.8 Å². The van der Waals surface area contributed by atoms with E-state index in [1.165, 1.54) is 11.1 Å². The summed E-state index contributed by atoms with van der Waals surface area (Å²) >= 11 is 0. The van der Waals surface area contributed by atoms with E-state index in [2.05, 4.69) is 60.5 Å². The van der Waals surface area contributed by atoms with Gasteiger partial charge in [-0.25, -0.2) is 4.79 Å². The number of ether oxygens (including phenoxy) is 1. The minimum atomic E-state index is -0.303. The molecule has 1 fully saturated rings. The number of hydrogen-bond acceptors (Lipinski definition) is 5. The third-order valence-electron chi connectivity index (χ3n) is 6.11. The Bertz CT molecular complexity index is 1060. The van der Waals surface area contributed by atoms with E-state index in [-0.39, 0.29) is 17.7 Å². The second-order valence-corrected chi connectivity index (χ2v) is 8.20. The summed E-state index contributed by atoms with van der Waals surface area (Å²) in [5.74, 6) is 0. The van der Waals surface area contributed by atoms with Crippen LogP contribution in [-0.4, -0.2) is 37.2 Å². The van der Waals surface area contributed by atoms with Gasteiger partial charge >= 0.3 is 5.63 Å². The SMILES string of the molecule is Cc1cc2oc(=O)cc(CN[C@H](C)[C@@H](c3ccccc3)N3CCOCC3)c2cc1C. The van der Waals surface area contributed by atoms with Gasteiger partial charge in [-0.3, -0.25) is 4.90 Å². The molecule has 1 N–H and O–H groups in total. The van der Waals surface area contributed by atoms with Crippen molar-refractivity contribution >= 4 is 11.0 Å². The minimum absolute atomic E-state index is 0.194. The Balaban J connectivity index is 1.60. The Labute approximate surface area is 177 Å². The van der Waals surface area contributed by atoms with Crippen molar-refractivity contribution in [3.63, 3.8) is 0 Å². The van der Waals surface area contributed by atoms with Gasteiger partial charge in [0.2, 0.25) is 0 Å². The van der Waals surface area contributed by atoms with Crippen molar-refractivity contribution in [3.8, 4) is 0 Å². The standard InChI is InChI=1S/C25H30N2O3/c1-17-13-22-21(15-24(28)30-23(22)14-18(17)2)16-26-19(3)25(20-7-5-4-6-8-20)27-9-11-29-12-10-27/h4-8,13-15,19,25-26H,9-12,16H2,1-3H3/t19-,25+/m1/s1. The summed E-state index contributed by atoms with van der Waals surface area (Å²) in [5, 5.41) is 4.69. The molecular weight excluding hydrogens is 376 g/mol. The lowest BCUT2D eigenvalue weighted by atomic mass is 9.97. The average molecular weight is 407 g/mol. The minimum Gasteiger partial charge on any atom is -0.423 e. The molecule has 158 valence electrons. The molecule has 0 bridgehead atoms. The molecule has 30 heavy (non-hydrogen) atoms. The molecule has 2 atom stereocenters. The summed E-state index contributed by atoms with van der Waals surface area (Å²) in [7, 11) is 0. The second kappa shape index (κ2) is 9.13. The lowest BCUT2D eigenvalue weighted by molar-refractivity contribution is 0.00855. The van der Waals surface area contributed by atoms with Crippen LogP contribution in [0.2, 0.25) is 0 Å². The third kappa shape index (κ3) is 4.48. The molecular formula is C25H30N2O3. The number of nitrogens with zero attached hydrogens (tertiary/aromatic N) is 1. The maximum absolute atomic E-state index is 12.1. The molecule has 0 unspecified atom stereocenters. The average Bonchev–Trinajstić information content (AvgIpc) is 2.75. The van der Waals surface area contributed by atoms with Crippen molar-refractivity contribution in [3.05, 3.63) is 81.2 Å². The van der Waals surface area contributed by atoms with Gasteiger partial charge < -0.3 is 14.5 Å². The van der Waals surface area contributed by atoms with E-state index >= 15 is 0 Å². The van der Waals surface area contributed by atoms with Crippen LogP contribution in [0.5, 0.6) is 0 Å². The van der Waals surface area contributed by atoms with Crippen LogP contribution >= 0.6 is 0 Å². The van der Waals surface area contributed by atoms with Gasteiger partial charge in [0.15, 0.2) is 0 Å². The van der Waals surface area contributed by atoms with Gasteiger partial charge in [0.1, 0.15) is 5.58 Å². The number of hydrogen-bond donors (Lipinski definition) is 1. The predicted molar refractivity (Wildman–Crippen MR) is 120 cm³/mol. The van der Waals surface area contributed by atoms with E-state index in [0.717, 1.165) is 42.8 Å². The second-order valence-electron chi connectivity index (χ2n) is 8.20. The molecule has 4 rings (SSSR count). The van der Waals surface area contributed by atoms with E-state index in [1.54, 1.807) is 6.07 Å². The van der Waals surface area contributed by atoms with Gasteiger partial charge in [-0.05, 0) is 55.2 Å². The fourth-order valence-corrected chi connectivity index (χ4v) is 4.33. The topological polar surface area (TPSA) is 54.7 Å². The predicted octanol–water partition coefficient (Wildman–Crippen LogP) is 3.96. The van der Waals surface area contributed by atoms with E-state index < -0.39 is 0 Å². The van der Waals surface area contributed by atoms with Crippen molar-refractivity contribution in [1.82, 2.24) is 10.2 Å². The van der Waals surface area contributed by atoms with Gasteiger partial charge in [-0.15, -0.1) is 0 Å². The maximum Gasteiger partial charge on any atom is 0.336 e. The molecule has 1 aromatic heterocycles. The molecule has 5 heteroatoms. The highest BCUT2D eigenvalue weighted by Crippen LogP contribution is 2.26. The first kappa shape index (κ1) is 20.8. The summed E-state index contributed by atoms with van der Waals surface area (Å²) in [4.78, 5) is 14.6. The van der Waals surface area contributed by atoms with E-state index in [0.29, 0.717) is 12.1 Å². The molecule has 3 aromatic rings. The first-order valence-corrected chi connectivity index (χ1v) is 10.7. The molecule has 0 spiro atoms. The first-order valence-electron chi connectivity index (χ1n) is 10.7. The number of rotatable bonds is 6.